The fourth-order valence-electron chi connectivity index (χ4n) is 4.63. The van der Waals surface area contributed by atoms with Crippen molar-refractivity contribution < 1.29 is 54.9 Å². The van der Waals surface area contributed by atoms with Crippen molar-refractivity contribution in [2.24, 2.45) is 0 Å². The Morgan fingerprint density at radius 2 is 0.347 bits per heavy atom. The van der Waals surface area contributed by atoms with Crippen LogP contribution in [0.15, 0.2) is 182 Å². The average Bonchev–Trinajstić information content (AvgIpc) is 3.07. The van der Waals surface area contributed by atoms with Crippen LogP contribution in [0.3, 0.4) is 0 Å². The minimum absolute atomic E-state index is 0. The van der Waals surface area contributed by atoms with Gasteiger partial charge in [-0.25, -0.2) is 0 Å². The molecule has 0 nitrogen and oxygen atoms in total. The first-order chi connectivity index (χ1) is 22.9. The molecule has 0 atom stereocenters. The van der Waals surface area contributed by atoms with Crippen LogP contribution in [0.1, 0.15) is 0 Å². The van der Waals surface area contributed by atoms with Crippen molar-refractivity contribution in [3.05, 3.63) is 182 Å². The van der Waals surface area contributed by atoms with Crippen molar-refractivity contribution in [2.75, 3.05) is 0 Å². The number of benzene rings is 6. The third-order valence-corrected chi connectivity index (χ3v) is 11.8. The normalized spacial score (nSPS) is 10.7. The molecular formula is C36H32B2F8P2Pd+2. The standard InChI is InChI=1S/2C18H15P.2BF4.Pd/c2*1-4-10-16(11-5-1)19(17-12-6-2-7-13-17)18-14-8-3-9-15-18;2*2-1(3,4)5;/h2*1-15H;;;/q;;2*-1;+2/p+2. The van der Waals surface area contributed by atoms with Crippen LogP contribution in [0.5, 0.6) is 0 Å². The molecule has 0 bridgehead atoms. The van der Waals surface area contributed by atoms with E-state index in [4.69, 9.17) is 0 Å². The Kier molecular flexibility index (Phi) is 18.2. The summed E-state index contributed by atoms with van der Waals surface area (Å²) in [5, 5.41) is 8.61. The quantitative estimate of drug-likeness (QED) is 0.0897. The van der Waals surface area contributed by atoms with Crippen LogP contribution in [0.25, 0.3) is 0 Å². The smallest absolute Gasteiger partial charge is 0.418 e. The predicted molar refractivity (Wildman–Crippen MR) is 193 cm³/mol. The van der Waals surface area contributed by atoms with Gasteiger partial charge in [0.1, 0.15) is 31.8 Å². The zero-order chi connectivity index (χ0) is 34.8. The first kappa shape index (κ1) is 41.6. The van der Waals surface area contributed by atoms with Gasteiger partial charge < -0.3 is 34.5 Å². The molecule has 6 rings (SSSR count). The third kappa shape index (κ3) is 17.1. The summed E-state index contributed by atoms with van der Waals surface area (Å²) >= 11 is 0. The SMILES string of the molecule is F[B-](F)(F)F.F[B-](F)(F)F.[Pd+2].c1ccc([PH+](c2ccccc2)c2ccccc2)cc1.c1ccc([PH+](c2ccccc2)c2ccccc2)cc1. The van der Waals surface area contributed by atoms with E-state index in [9.17, 15) is 34.5 Å². The summed E-state index contributed by atoms with van der Waals surface area (Å²) in [5.41, 5.74) is 0. The van der Waals surface area contributed by atoms with Crippen LogP contribution in [0.4, 0.5) is 34.5 Å². The Morgan fingerprint density at radius 3 is 0.449 bits per heavy atom. The Bertz CT molecular complexity index is 1370. The summed E-state index contributed by atoms with van der Waals surface area (Å²) in [5.74, 6) is 0. The van der Waals surface area contributed by atoms with Crippen molar-refractivity contribution in [1.82, 2.24) is 0 Å². The summed E-state index contributed by atoms with van der Waals surface area (Å²) < 4.78 is 78.0. The first-order valence-corrected chi connectivity index (χ1v) is 17.7. The zero-order valence-electron chi connectivity index (χ0n) is 25.8. The third-order valence-electron chi connectivity index (χ3n) is 6.37. The molecule has 256 valence electrons. The monoisotopic (exact) mass is 806 g/mol. The maximum atomic E-state index is 9.75. The molecule has 0 aliphatic carbocycles. The van der Waals surface area contributed by atoms with Gasteiger partial charge in [0.25, 0.3) is 0 Å². The van der Waals surface area contributed by atoms with Crippen molar-refractivity contribution in [1.29, 1.82) is 0 Å². The van der Waals surface area contributed by atoms with Gasteiger partial charge in [-0.05, 0) is 72.8 Å². The predicted octanol–water partition coefficient (Wildman–Crippen LogP) is 8.95. The number of hydrogen-bond donors (Lipinski definition) is 0. The van der Waals surface area contributed by atoms with E-state index in [1.165, 1.54) is 31.8 Å². The van der Waals surface area contributed by atoms with Crippen molar-refractivity contribution in [3.63, 3.8) is 0 Å². The van der Waals surface area contributed by atoms with Gasteiger partial charge in [-0.1, -0.05) is 109 Å². The summed E-state index contributed by atoms with van der Waals surface area (Å²) in [6, 6.07) is 65.0. The van der Waals surface area contributed by atoms with Gasteiger partial charge in [-0.2, -0.15) is 0 Å². The van der Waals surface area contributed by atoms with Gasteiger partial charge >= 0.3 is 34.9 Å². The van der Waals surface area contributed by atoms with Gasteiger partial charge in [0.05, 0.1) is 15.8 Å². The molecule has 0 saturated heterocycles. The van der Waals surface area contributed by atoms with Crippen LogP contribution in [-0.4, -0.2) is 14.5 Å². The topological polar surface area (TPSA) is 0 Å². The molecule has 0 fully saturated rings. The van der Waals surface area contributed by atoms with E-state index in [0.29, 0.717) is 0 Å². The fourth-order valence-corrected chi connectivity index (χ4v) is 9.78. The summed E-state index contributed by atoms with van der Waals surface area (Å²) in [4.78, 5) is 0. The second-order valence-corrected chi connectivity index (χ2v) is 14.9. The van der Waals surface area contributed by atoms with Gasteiger partial charge in [0.15, 0.2) is 0 Å². The molecule has 0 N–H and O–H groups in total. The molecule has 0 aromatic heterocycles. The average molecular weight is 807 g/mol. The van der Waals surface area contributed by atoms with Gasteiger partial charge in [0.2, 0.25) is 0 Å². The zero-order valence-corrected chi connectivity index (χ0v) is 29.4. The Labute approximate surface area is 298 Å². The molecule has 0 spiro atoms. The van der Waals surface area contributed by atoms with E-state index in [2.05, 4.69) is 182 Å². The number of hydrogen-bond acceptors (Lipinski definition) is 0. The van der Waals surface area contributed by atoms with E-state index >= 15 is 0 Å². The first-order valence-electron chi connectivity index (χ1n) is 14.7. The largest absolute Gasteiger partial charge is 2.00 e. The minimum Gasteiger partial charge on any atom is -0.418 e. The molecule has 0 heterocycles. The second-order valence-electron chi connectivity index (χ2n) is 9.94. The van der Waals surface area contributed by atoms with E-state index in [-0.39, 0.29) is 20.4 Å². The van der Waals surface area contributed by atoms with E-state index < -0.39 is 30.4 Å². The van der Waals surface area contributed by atoms with Gasteiger partial charge in [-0.3, -0.25) is 0 Å². The molecule has 0 radical (unpaired) electrons. The molecule has 0 aliphatic heterocycles. The van der Waals surface area contributed by atoms with Crippen molar-refractivity contribution in [3.8, 4) is 0 Å². The number of halogens is 8. The molecule has 0 aliphatic rings. The van der Waals surface area contributed by atoms with Gasteiger partial charge in [-0.15, -0.1) is 0 Å². The maximum absolute atomic E-state index is 9.75. The molecule has 13 heteroatoms. The Morgan fingerprint density at radius 1 is 0.245 bits per heavy atom. The molecule has 0 saturated carbocycles. The summed E-state index contributed by atoms with van der Waals surface area (Å²) in [7, 11) is -13.8. The van der Waals surface area contributed by atoms with E-state index in [0.717, 1.165) is 0 Å². The maximum Gasteiger partial charge on any atom is 2.00 e. The summed E-state index contributed by atoms with van der Waals surface area (Å²) in [6.07, 6.45) is 0. The molecule has 0 unspecified atom stereocenters. The van der Waals surface area contributed by atoms with E-state index in [1.54, 1.807) is 0 Å². The van der Waals surface area contributed by atoms with Crippen LogP contribution in [-0.2, 0) is 20.4 Å². The van der Waals surface area contributed by atoms with Crippen LogP contribution in [0, 0.1) is 0 Å². The molecule has 49 heavy (non-hydrogen) atoms. The van der Waals surface area contributed by atoms with Crippen LogP contribution in [0.2, 0.25) is 0 Å². The van der Waals surface area contributed by atoms with Crippen LogP contribution < -0.4 is 31.8 Å². The molecule has 6 aromatic carbocycles. The van der Waals surface area contributed by atoms with E-state index in [1.807, 2.05) is 0 Å². The Hall–Kier alpha value is -3.59. The van der Waals surface area contributed by atoms with Crippen molar-refractivity contribution in [2.45, 2.75) is 0 Å². The fraction of sp³-hybridized carbons (Fsp3) is 0. The second kappa shape index (κ2) is 21.5. The minimum atomic E-state index is -6.00. The molecular weight excluding hydrogens is 774 g/mol. The van der Waals surface area contributed by atoms with Gasteiger partial charge in [0, 0.05) is 0 Å². The molecule has 6 aromatic rings. The number of rotatable bonds is 6. The van der Waals surface area contributed by atoms with Crippen LogP contribution >= 0.6 is 15.8 Å². The Balaban J connectivity index is 0.000000264. The summed E-state index contributed by atoms with van der Waals surface area (Å²) in [6.45, 7) is 0. The molecule has 0 amide bonds. The van der Waals surface area contributed by atoms with Crippen molar-refractivity contribution >= 4 is 62.2 Å².